The molecule has 0 saturated heterocycles. The quantitative estimate of drug-likeness (QED) is 0.749. The maximum atomic E-state index is 12.3. The Morgan fingerprint density at radius 1 is 1.24 bits per heavy atom. The van der Waals surface area contributed by atoms with Crippen molar-refractivity contribution in [3.8, 4) is 5.69 Å². The third-order valence-corrected chi connectivity index (χ3v) is 4.13. The first kappa shape index (κ1) is 16.9. The average molecular weight is 357 g/mol. The van der Waals surface area contributed by atoms with Crippen LogP contribution in [0.5, 0.6) is 0 Å². The number of rotatable bonds is 4. The van der Waals surface area contributed by atoms with Crippen LogP contribution in [0.4, 0.5) is 10.5 Å². The van der Waals surface area contributed by atoms with Crippen molar-refractivity contribution in [2.24, 2.45) is 0 Å². The van der Waals surface area contributed by atoms with E-state index >= 15 is 0 Å². The van der Waals surface area contributed by atoms with Crippen LogP contribution in [0.3, 0.4) is 0 Å². The lowest BCUT2D eigenvalue weighted by atomic mass is 10.1. The first-order chi connectivity index (χ1) is 12.0. The molecule has 0 fully saturated rings. The number of amides is 2. The van der Waals surface area contributed by atoms with E-state index in [0.717, 1.165) is 16.8 Å². The van der Waals surface area contributed by atoms with Crippen molar-refractivity contribution in [1.82, 2.24) is 25.5 Å². The lowest BCUT2D eigenvalue weighted by Crippen LogP contribution is -2.31. The molecule has 2 N–H and O–H groups in total. The normalized spacial score (nSPS) is 11.8. The molecule has 3 aromatic rings. The zero-order valence-corrected chi connectivity index (χ0v) is 14.5. The van der Waals surface area contributed by atoms with Crippen molar-refractivity contribution in [3.63, 3.8) is 0 Å². The van der Waals surface area contributed by atoms with Gasteiger partial charge in [-0.3, -0.25) is 0 Å². The van der Waals surface area contributed by atoms with E-state index in [2.05, 4.69) is 26.2 Å². The Balaban J connectivity index is 1.71. The fourth-order valence-electron chi connectivity index (χ4n) is 2.47. The summed E-state index contributed by atoms with van der Waals surface area (Å²) in [5.74, 6) is 0. The largest absolute Gasteiger partial charge is 0.331 e. The van der Waals surface area contributed by atoms with E-state index in [-0.39, 0.29) is 12.1 Å². The molecule has 0 aliphatic heterocycles. The summed E-state index contributed by atoms with van der Waals surface area (Å²) in [6, 6.07) is 12.4. The maximum absolute atomic E-state index is 12.3. The SMILES string of the molecule is Cc1ccc(NC(=O)NC(C)c2ccccc2Cl)cc1-n1cnnn1. The molecular formula is C17H17ClN6O. The molecular weight excluding hydrogens is 340 g/mol. The van der Waals surface area contributed by atoms with Gasteiger partial charge in [-0.2, -0.15) is 0 Å². The van der Waals surface area contributed by atoms with Crippen molar-refractivity contribution < 1.29 is 4.79 Å². The molecule has 0 aliphatic rings. The Morgan fingerprint density at radius 3 is 2.76 bits per heavy atom. The summed E-state index contributed by atoms with van der Waals surface area (Å²) in [6.45, 7) is 3.82. The fraction of sp³-hybridized carbons (Fsp3) is 0.176. The second kappa shape index (κ2) is 7.31. The van der Waals surface area contributed by atoms with Gasteiger partial charge >= 0.3 is 6.03 Å². The van der Waals surface area contributed by atoms with Crippen LogP contribution in [0.1, 0.15) is 24.1 Å². The predicted molar refractivity (Wildman–Crippen MR) is 95.9 cm³/mol. The van der Waals surface area contributed by atoms with Crippen LogP contribution in [-0.2, 0) is 0 Å². The highest BCUT2D eigenvalue weighted by atomic mass is 35.5. The average Bonchev–Trinajstić information content (AvgIpc) is 3.11. The molecule has 3 rings (SSSR count). The third-order valence-electron chi connectivity index (χ3n) is 3.78. The highest BCUT2D eigenvalue weighted by Gasteiger charge is 2.13. The van der Waals surface area contributed by atoms with Gasteiger partial charge in [-0.25, -0.2) is 9.48 Å². The highest BCUT2D eigenvalue weighted by Crippen LogP contribution is 2.22. The van der Waals surface area contributed by atoms with Crippen LogP contribution in [-0.4, -0.2) is 26.2 Å². The van der Waals surface area contributed by atoms with Crippen LogP contribution in [0.25, 0.3) is 5.69 Å². The van der Waals surface area contributed by atoms with Crippen LogP contribution < -0.4 is 10.6 Å². The number of carbonyl (C=O) groups is 1. The summed E-state index contributed by atoms with van der Waals surface area (Å²) < 4.78 is 1.55. The number of nitrogens with one attached hydrogen (secondary N) is 2. The molecule has 1 atom stereocenters. The zero-order chi connectivity index (χ0) is 17.8. The van der Waals surface area contributed by atoms with E-state index in [4.69, 9.17) is 11.6 Å². The van der Waals surface area contributed by atoms with Gasteiger partial charge in [0.1, 0.15) is 6.33 Å². The second-order valence-electron chi connectivity index (χ2n) is 5.60. The minimum atomic E-state index is -0.320. The minimum absolute atomic E-state index is 0.224. The van der Waals surface area contributed by atoms with Gasteiger partial charge in [0.2, 0.25) is 0 Å². The maximum Gasteiger partial charge on any atom is 0.319 e. The van der Waals surface area contributed by atoms with Crippen LogP contribution in [0.15, 0.2) is 48.8 Å². The van der Waals surface area contributed by atoms with Gasteiger partial charge in [0.05, 0.1) is 11.7 Å². The van der Waals surface area contributed by atoms with Crippen molar-refractivity contribution in [2.45, 2.75) is 19.9 Å². The van der Waals surface area contributed by atoms with Crippen molar-refractivity contribution in [3.05, 3.63) is 64.9 Å². The van der Waals surface area contributed by atoms with Gasteiger partial charge in [0.15, 0.2) is 0 Å². The van der Waals surface area contributed by atoms with E-state index in [1.54, 1.807) is 10.7 Å². The standard InChI is InChI=1S/C17H17ClN6O/c1-11-7-8-13(9-16(11)24-10-19-22-23-24)21-17(25)20-12(2)14-5-3-4-6-15(14)18/h3-10,12H,1-2H3,(H2,20,21,25). The molecule has 1 heterocycles. The molecule has 1 unspecified atom stereocenters. The topological polar surface area (TPSA) is 84.7 Å². The summed E-state index contributed by atoms with van der Waals surface area (Å²) in [5.41, 5.74) is 3.28. The van der Waals surface area contributed by atoms with Crippen molar-refractivity contribution in [2.75, 3.05) is 5.32 Å². The van der Waals surface area contributed by atoms with Gasteiger partial charge in [-0.15, -0.1) is 5.10 Å². The Bertz CT molecular complexity index is 881. The van der Waals surface area contributed by atoms with E-state index in [0.29, 0.717) is 10.7 Å². The number of tetrazole rings is 1. The molecule has 0 radical (unpaired) electrons. The molecule has 2 aromatic carbocycles. The Hall–Kier alpha value is -2.93. The molecule has 7 nitrogen and oxygen atoms in total. The summed E-state index contributed by atoms with van der Waals surface area (Å²) in [4.78, 5) is 12.3. The summed E-state index contributed by atoms with van der Waals surface area (Å²) in [5, 5.41) is 17.4. The zero-order valence-electron chi connectivity index (χ0n) is 13.8. The molecule has 128 valence electrons. The van der Waals surface area contributed by atoms with Crippen LogP contribution in [0, 0.1) is 6.92 Å². The number of hydrogen-bond donors (Lipinski definition) is 2. The smallest absolute Gasteiger partial charge is 0.319 e. The molecule has 2 amide bonds. The van der Waals surface area contributed by atoms with Crippen molar-refractivity contribution in [1.29, 1.82) is 0 Å². The Kier molecular flexibility index (Phi) is 4.95. The number of halogens is 1. The number of hydrogen-bond acceptors (Lipinski definition) is 4. The van der Waals surface area contributed by atoms with Crippen LogP contribution >= 0.6 is 11.6 Å². The number of nitrogens with zero attached hydrogens (tertiary/aromatic N) is 4. The molecule has 1 aromatic heterocycles. The highest BCUT2D eigenvalue weighted by molar-refractivity contribution is 6.31. The van der Waals surface area contributed by atoms with Gasteiger partial charge in [0.25, 0.3) is 0 Å². The molecule has 0 aliphatic carbocycles. The second-order valence-corrected chi connectivity index (χ2v) is 6.00. The predicted octanol–water partition coefficient (Wildman–Crippen LogP) is 3.51. The number of carbonyl (C=O) groups excluding carboxylic acids is 1. The summed E-state index contributed by atoms with van der Waals surface area (Å²) in [6.07, 6.45) is 1.51. The third kappa shape index (κ3) is 3.95. The lowest BCUT2D eigenvalue weighted by molar-refractivity contribution is 0.249. The van der Waals surface area contributed by atoms with Gasteiger partial charge in [-0.05, 0) is 53.6 Å². The molecule has 0 bridgehead atoms. The Labute approximate surface area is 150 Å². The van der Waals surface area contributed by atoms with E-state index in [1.807, 2.05) is 50.2 Å². The number of aryl methyl sites for hydroxylation is 1. The number of aromatic nitrogens is 4. The summed E-state index contributed by atoms with van der Waals surface area (Å²) >= 11 is 6.16. The lowest BCUT2D eigenvalue weighted by Gasteiger charge is -2.16. The number of urea groups is 1. The summed E-state index contributed by atoms with van der Waals surface area (Å²) in [7, 11) is 0. The van der Waals surface area contributed by atoms with Crippen LogP contribution in [0.2, 0.25) is 5.02 Å². The first-order valence-electron chi connectivity index (χ1n) is 7.70. The van der Waals surface area contributed by atoms with E-state index in [1.165, 1.54) is 6.33 Å². The molecule has 0 spiro atoms. The minimum Gasteiger partial charge on any atom is -0.331 e. The van der Waals surface area contributed by atoms with E-state index in [9.17, 15) is 4.79 Å². The van der Waals surface area contributed by atoms with Gasteiger partial charge in [0, 0.05) is 10.7 Å². The number of benzene rings is 2. The number of anilines is 1. The molecule has 25 heavy (non-hydrogen) atoms. The van der Waals surface area contributed by atoms with Gasteiger partial charge in [-0.1, -0.05) is 35.9 Å². The van der Waals surface area contributed by atoms with E-state index < -0.39 is 0 Å². The first-order valence-corrected chi connectivity index (χ1v) is 8.08. The monoisotopic (exact) mass is 356 g/mol. The molecule has 8 heteroatoms. The van der Waals surface area contributed by atoms with Gasteiger partial charge < -0.3 is 10.6 Å². The Morgan fingerprint density at radius 2 is 2.04 bits per heavy atom. The molecule has 0 saturated carbocycles. The fourth-order valence-corrected chi connectivity index (χ4v) is 2.77. The van der Waals surface area contributed by atoms with Crippen molar-refractivity contribution >= 4 is 23.3 Å².